The van der Waals surface area contributed by atoms with Gasteiger partial charge >= 0.3 is 0 Å². The van der Waals surface area contributed by atoms with Crippen LogP contribution >= 0.6 is 28.6 Å². The van der Waals surface area contributed by atoms with Crippen LogP contribution < -0.4 is 9.88 Å². The molecule has 5 aliphatic rings. The lowest BCUT2D eigenvalue weighted by Gasteiger charge is -2.63. The van der Waals surface area contributed by atoms with Gasteiger partial charge in [0.2, 0.25) is 11.8 Å². The Kier molecular flexibility index (Phi) is 5.52. The van der Waals surface area contributed by atoms with E-state index in [2.05, 4.69) is 86.7 Å². The summed E-state index contributed by atoms with van der Waals surface area (Å²) in [4.78, 5) is 0. The van der Waals surface area contributed by atoms with Gasteiger partial charge in [0, 0.05) is 21.3 Å². The molecule has 3 atom stereocenters. The van der Waals surface area contributed by atoms with E-state index in [0.29, 0.717) is 28.4 Å². The summed E-state index contributed by atoms with van der Waals surface area (Å²) in [6.45, 7) is 0. The molecule has 2 aromatic carbocycles. The van der Waals surface area contributed by atoms with Gasteiger partial charge in [-0.25, -0.2) is 0 Å². The highest BCUT2D eigenvalue weighted by Crippen LogP contribution is 2.66. The smallest absolute Gasteiger partial charge is 0.217 e. The van der Waals surface area contributed by atoms with Gasteiger partial charge in [0.05, 0.1) is 22.6 Å². The van der Waals surface area contributed by atoms with Crippen LogP contribution in [0.25, 0.3) is 10.8 Å². The van der Waals surface area contributed by atoms with Gasteiger partial charge in [-0.05, 0) is 85.4 Å². The van der Waals surface area contributed by atoms with Crippen LogP contribution in [0.5, 0.6) is 0 Å². The number of pyridine rings is 1. The average molecular weight is 574 g/mol. The summed E-state index contributed by atoms with van der Waals surface area (Å²) < 4.78 is 3.14. The van der Waals surface area contributed by atoms with Crippen molar-refractivity contribution in [3.05, 3.63) is 87.6 Å². The first-order valence-corrected chi connectivity index (χ1v) is 14.6. The Labute approximate surface area is 231 Å². The minimum atomic E-state index is -1.25. The lowest BCUT2D eigenvalue weighted by molar-refractivity contribution is -0.744. The lowest BCUT2D eigenvalue weighted by atomic mass is 9.45. The number of rotatable bonds is 3. The van der Waals surface area contributed by atoms with E-state index in [9.17, 15) is 10.4 Å². The van der Waals surface area contributed by atoms with Crippen LogP contribution in [0.3, 0.4) is 0 Å². The van der Waals surface area contributed by atoms with E-state index in [-0.39, 0.29) is 11.3 Å². The van der Waals surface area contributed by atoms with Gasteiger partial charge < -0.3 is 10.4 Å². The van der Waals surface area contributed by atoms with E-state index in [4.69, 9.17) is 12.6 Å². The molecule has 8 rings (SSSR count). The fraction of sp³-hybridized carbons (Fsp3) is 0.419. The molecule has 37 heavy (non-hydrogen) atoms. The fourth-order valence-electron chi connectivity index (χ4n) is 8.77. The highest BCUT2D eigenvalue weighted by atomic mass is 79.9. The highest BCUT2D eigenvalue weighted by Gasteiger charge is 2.68. The topological polar surface area (TPSA) is 59.9 Å². The number of nitrogens with zero attached hydrogens (tertiary/aromatic N) is 2. The third-order valence-electron chi connectivity index (χ3n) is 9.83. The van der Waals surface area contributed by atoms with Crippen LogP contribution in [0, 0.1) is 34.5 Å². The Morgan fingerprint density at radius 2 is 1.65 bits per heavy atom. The molecule has 4 saturated carbocycles. The van der Waals surface area contributed by atoms with Crippen molar-refractivity contribution in [3.8, 4) is 6.07 Å². The van der Waals surface area contributed by atoms with Gasteiger partial charge in [0.1, 0.15) is 0 Å². The van der Waals surface area contributed by atoms with Crippen molar-refractivity contribution in [2.75, 3.05) is 0 Å². The largest absolute Gasteiger partial charge is 0.365 e. The number of halogens is 1. The Hall–Kier alpha value is -2.33. The number of nitrogens with one attached hydrogen (secondary N) is 1. The molecule has 188 valence electrons. The molecule has 2 heterocycles. The van der Waals surface area contributed by atoms with Crippen molar-refractivity contribution in [1.82, 2.24) is 5.32 Å². The summed E-state index contributed by atoms with van der Waals surface area (Å²) in [6.07, 6.45) is 11.2. The van der Waals surface area contributed by atoms with Gasteiger partial charge in [-0.3, -0.25) is 0 Å². The number of aromatic nitrogens is 1. The predicted octanol–water partition coefficient (Wildman–Crippen LogP) is 6.39. The number of thiol groups is 1. The van der Waals surface area contributed by atoms with Crippen molar-refractivity contribution in [3.63, 3.8) is 0 Å². The van der Waals surface area contributed by atoms with Gasteiger partial charge in [0.15, 0.2) is 12.4 Å². The summed E-state index contributed by atoms with van der Waals surface area (Å²) in [5, 5.41) is 29.9. The molecule has 2 N–H and O–H groups in total. The van der Waals surface area contributed by atoms with Gasteiger partial charge in [-0.1, -0.05) is 46.3 Å². The van der Waals surface area contributed by atoms with Crippen LogP contribution in [-0.4, -0.2) is 10.8 Å². The van der Waals surface area contributed by atoms with E-state index in [1.54, 1.807) is 0 Å². The van der Waals surface area contributed by atoms with Crippen LogP contribution in [-0.2, 0) is 0 Å². The maximum absolute atomic E-state index is 13.2. The highest BCUT2D eigenvalue weighted by molar-refractivity contribution is 9.10. The summed E-state index contributed by atoms with van der Waals surface area (Å²) >= 11 is 8.48. The number of hydrogen-bond donors (Lipinski definition) is 3. The molecule has 0 radical (unpaired) electrons. The molecule has 0 spiro atoms. The van der Waals surface area contributed by atoms with Crippen molar-refractivity contribution in [2.24, 2.45) is 23.2 Å². The number of allylic oxidation sites excluding steroid dienone is 1. The fourth-order valence-corrected chi connectivity index (χ4v) is 9.55. The SMILES string of the molecule is N#CC1=C(S)N[C@](O)(C23CC4CC(CC(C4)C2)C3)[C@@H]([n+]2ccc3ccccc3c2)[C@@H]1c1cccc(Br)c1. The number of hydrogen-bond acceptors (Lipinski definition) is 4. The van der Waals surface area contributed by atoms with Crippen molar-refractivity contribution in [1.29, 1.82) is 5.26 Å². The molecule has 4 fully saturated rings. The standard InChI is InChI=1S/C31H30BrN3OS/c32-25-7-3-6-23(13-25)27-26(17-33)29(37)34-31(36,30-14-19-10-20(15-30)12-21(11-19)16-30)28(27)35-9-8-22-4-1-2-5-24(22)18-35/h1-9,13,18-21,27-28,34,36H,10-12,14-16H2/p+1/t19?,20?,21?,27-,28+,30?,31-/m1/s1. The molecule has 3 aromatic rings. The minimum absolute atomic E-state index is 0.260. The van der Waals surface area contributed by atoms with E-state index in [1.165, 1.54) is 19.3 Å². The molecular formula is C31H31BrN3OS+. The van der Waals surface area contributed by atoms with Crippen molar-refractivity contribution >= 4 is 39.3 Å². The van der Waals surface area contributed by atoms with E-state index in [0.717, 1.165) is 40.1 Å². The number of nitriles is 1. The number of benzene rings is 2. The van der Waals surface area contributed by atoms with Crippen molar-refractivity contribution in [2.45, 2.75) is 56.2 Å². The van der Waals surface area contributed by atoms with Gasteiger partial charge in [0.25, 0.3) is 0 Å². The average Bonchev–Trinajstić information content (AvgIpc) is 2.87. The molecule has 6 heteroatoms. The van der Waals surface area contributed by atoms with Crippen LogP contribution in [0.4, 0.5) is 0 Å². The van der Waals surface area contributed by atoms with E-state index >= 15 is 0 Å². The zero-order valence-electron chi connectivity index (χ0n) is 20.6. The second-order valence-corrected chi connectivity index (χ2v) is 13.3. The Bertz CT molecular complexity index is 1440. The lowest BCUT2D eigenvalue weighted by Crippen LogP contribution is -2.73. The molecule has 0 unspecified atom stereocenters. The minimum Gasteiger partial charge on any atom is -0.365 e. The van der Waals surface area contributed by atoms with Crippen LogP contribution in [0.1, 0.15) is 56.0 Å². The molecule has 1 aromatic heterocycles. The van der Waals surface area contributed by atoms with Crippen LogP contribution in [0.2, 0.25) is 0 Å². The second kappa shape index (κ2) is 8.59. The zero-order chi connectivity index (χ0) is 25.4. The molecule has 4 aliphatic carbocycles. The monoisotopic (exact) mass is 572 g/mol. The van der Waals surface area contributed by atoms with Crippen LogP contribution in [0.15, 0.2) is 82.1 Å². The quantitative estimate of drug-likeness (QED) is 0.252. The number of aliphatic hydroxyl groups is 1. The van der Waals surface area contributed by atoms with Gasteiger partial charge in [-0.2, -0.15) is 9.83 Å². The van der Waals surface area contributed by atoms with E-state index < -0.39 is 11.8 Å². The van der Waals surface area contributed by atoms with Gasteiger partial charge in [-0.15, -0.1) is 12.6 Å². The first kappa shape index (κ1) is 23.8. The maximum atomic E-state index is 13.2. The maximum Gasteiger partial charge on any atom is 0.217 e. The Morgan fingerprint density at radius 1 is 0.973 bits per heavy atom. The summed E-state index contributed by atoms with van der Waals surface area (Å²) in [6, 6.07) is 20.7. The predicted molar refractivity (Wildman–Crippen MR) is 150 cm³/mol. The third kappa shape index (κ3) is 3.61. The summed E-state index contributed by atoms with van der Waals surface area (Å²) in [5.74, 6) is 1.68. The number of fused-ring (bicyclic) bond motifs is 1. The first-order chi connectivity index (χ1) is 17.9. The zero-order valence-corrected chi connectivity index (χ0v) is 23.1. The molecule has 0 amide bonds. The Morgan fingerprint density at radius 3 is 2.30 bits per heavy atom. The molecule has 4 nitrogen and oxygen atoms in total. The summed E-state index contributed by atoms with van der Waals surface area (Å²) in [7, 11) is 0. The Balaban J connectivity index is 1.48. The molecular weight excluding hydrogens is 542 g/mol. The van der Waals surface area contributed by atoms with Crippen molar-refractivity contribution < 1.29 is 9.67 Å². The molecule has 4 bridgehead atoms. The first-order valence-electron chi connectivity index (χ1n) is 13.4. The normalized spacial score (nSPS) is 36.4. The second-order valence-electron chi connectivity index (χ2n) is 12.0. The van der Waals surface area contributed by atoms with E-state index in [1.807, 2.05) is 12.1 Å². The molecule has 1 aliphatic heterocycles. The summed E-state index contributed by atoms with van der Waals surface area (Å²) in [5.41, 5.74) is 0.0690. The third-order valence-corrected chi connectivity index (χ3v) is 10.7. The molecule has 0 saturated heterocycles.